The van der Waals surface area contributed by atoms with E-state index in [2.05, 4.69) is 50.1 Å². The zero-order valence-electron chi connectivity index (χ0n) is 12.4. The fourth-order valence-electron chi connectivity index (χ4n) is 3.06. The van der Waals surface area contributed by atoms with Crippen molar-refractivity contribution in [3.8, 4) is 0 Å². The molecule has 0 N–H and O–H groups in total. The van der Waals surface area contributed by atoms with E-state index in [1.165, 1.54) is 31.5 Å². The zero-order chi connectivity index (χ0) is 14.3. The first-order valence-corrected chi connectivity index (χ1v) is 8.10. The number of imidazole rings is 1. The molecule has 1 atom stereocenters. The number of nitrogens with zero attached hydrogens (tertiary/aromatic N) is 4. The van der Waals surface area contributed by atoms with Gasteiger partial charge in [0.1, 0.15) is 4.60 Å². The summed E-state index contributed by atoms with van der Waals surface area (Å²) in [7, 11) is 0. The lowest BCUT2D eigenvalue weighted by atomic mass is 10.0. The van der Waals surface area contributed by atoms with Gasteiger partial charge in [0.05, 0.1) is 5.69 Å². The molecule has 1 fully saturated rings. The lowest BCUT2D eigenvalue weighted by Gasteiger charge is -2.32. The normalized spacial score (nSPS) is 20.7. The van der Waals surface area contributed by atoms with Crippen LogP contribution in [0.3, 0.4) is 0 Å². The van der Waals surface area contributed by atoms with Crippen LogP contribution in [0.15, 0.2) is 10.7 Å². The highest BCUT2D eigenvalue weighted by molar-refractivity contribution is 9.10. The largest absolute Gasteiger partial charge is 0.295 e. The van der Waals surface area contributed by atoms with Crippen molar-refractivity contribution in [1.82, 2.24) is 19.3 Å². The van der Waals surface area contributed by atoms with Crippen LogP contribution in [-0.2, 0) is 6.54 Å². The summed E-state index contributed by atoms with van der Waals surface area (Å²) < 4.78 is 3.15. The van der Waals surface area contributed by atoms with Crippen molar-refractivity contribution in [2.24, 2.45) is 0 Å². The topological polar surface area (TPSA) is 33.4 Å². The van der Waals surface area contributed by atoms with Gasteiger partial charge in [-0.05, 0) is 62.2 Å². The Morgan fingerprint density at radius 2 is 2.10 bits per heavy atom. The zero-order valence-corrected chi connectivity index (χ0v) is 13.9. The van der Waals surface area contributed by atoms with Crippen LogP contribution in [-0.4, -0.2) is 31.9 Å². The van der Waals surface area contributed by atoms with Crippen molar-refractivity contribution in [2.75, 3.05) is 6.54 Å². The van der Waals surface area contributed by atoms with Gasteiger partial charge in [-0.1, -0.05) is 6.42 Å². The molecule has 0 amide bonds. The van der Waals surface area contributed by atoms with Gasteiger partial charge in [0.25, 0.3) is 0 Å². The Morgan fingerprint density at radius 1 is 1.30 bits per heavy atom. The standard InChI is InChI=1S/C15H21BrN4/c1-10-8-12(3)20-14(16)13(18-15(20)17-10)9-19-7-5-4-6-11(19)2/h8,11H,4-7,9H2,1-3H3. The molecule has 3 rings (SSSR count). The summed E-state index contributed by atoms with van der Waals surface area (Å²) in [5.74, 6) is 0.800. The van der Waals surface area contributed by atoms with Crippen molar-refractivity contribution in [3.63, 3.8) is 0 Å². The molecule has 0 radical (unpaired) electrons. The SMILES string of the molecule is Cc1cc(C)n2c(Br)c(CN3CCCCC3C)nc2n1. The minimum absolute atomic E-state index is 0.649. The van der Waals surface area contributed by atoms with Gasteiger partial charge in [0, 0.05) is 24.0 Å². The van der Waals surface area contributed by atoms with E-state index in [0.29, 0.717) is 6.04 Å². The number of halogens is 1. The van der Waals surface area contributed by atoms with Crippen LogP contribution >= 0.6 is 15.9 Å². The van der Waals surface area contributed by atoms with Gasteiger partial charge in [-0.2, -0.15) is 0 Å². The summed E-state index contributed by atoms with van der Waals surface area (Å²) in [5.41, 5.74) is 3.29. The van der Waals surface area contributed by atoms with Crippen LogP contribution in [0.5, 0.6) is 0 Å². The molecule has 1 aliphatic heterocycles. The monoisotopic (exact) mass is 336 g/mol. The number of hydrogen-bond acceptors (Lipinski definition) is 3. The molecular formula is C15H21BrN4. The number of fused-ring (bicyclic) bond motifs is 1. The maximum atomic E-state index is 4.73. The fourth-order valence-corrected chi connectivity index (χ4v) is 3.72. The van der Waals surface area contributed by atoms with E-state index in [4.69, 9.17) is 4.98 Å². The van der Waals surface area contributed by atoms with Crippen molar-refractivity contribution >= 4 is 21.7 Å². The number of likely N-dealkylation sites (tertiary alicyclic amines) is 1. The Hall–Kier alpha value is -0.940. The number of piperidine rings is 1. The molecule has 2 aromatic heterocycles. The molecule has 1 unspecified atom stereocenters. The molecule has 108 valence electrons. The van der Waals surface area contributed by atoms with Gasteiger partial charge in [-0.3, -0.25) is 9.30 Å². The Kier molecular flexibility index (Phi) is 3.82. The molecule has 20 heavy (non-hydrogen) atoms. The third kappa shape index (κ3) is 2.49. The van der Waals surface area contributed by atoms with Gasteiger partial charge in [-0.15, -0.1) is 0 Å². The summed E-state index contributed by atoms with van der Waals surface area (Å²) in [6, 6.07) is 2.74. The van der Waals surface area contributed by atoms with E-state index >= 15 is 0 Å². The first-order valence-electron chi connectivity index (χ1n) is 7.31. The molecule has 5 heteroatoms. The van der Waals surface area contributed by atoms with Gasteiger partial charge in [-0.25, -0.2) is 9.97 Å². The minimum Gasteiger partial charge on any atom is -0.295 e. The Labute approximate surface area is 128 Å². The maximum absolute atomic E-state index is 4.73. The summed E-state index contributed by atoms with van der Waals surface area (Å²) in [5, 5.41) is 0. The van der Waals surface area contributed by atoms with Crippen molar-refractivity contribution in [2.45, 2.75) is 52.6 Å². The summed E-state index contributed by atoms with van der Waals surface area (Å²) >= 11 is 3.71. The molecule has 4 nitrogen and oxygen atoms in total. The quantitative estimate of drug-likeness (QED) is 0.841. The smallest absolute Gasteiger partial charge is 0.235 e. The van der Waals surface area contributed by atoms with E-state index in [1.54, 1.807) is 0 Å². The number of aromatic nitrogens is 3. The third-order valence-corrected chi connectivity index (χ3v) is 5.02. The lowest BCUT2D eigenvalue weighted by Crippen LogP contribution is -2.36. The molecule has 0 aliphatic carbocycles. The highest BCUT2D eigenvalue weighted by Crippen LogP contribution is 2.25. The van der Waals surface area contributed by atoms with Crippen LogP contribution < -0.4 is 0 Å². The fraction of sp³-hybridized carbons (Fsp3) is 0.600. The first kappa shape index (κ1) is 14.0. The third-order valence-electron chi connectivity index (χ3n) is 4.21. The van der Waals surface area contributed by atoms with Crippen molar-refractivity contribution in [3.05, 3.63) is 27.8 Å². The Bertz CT molecular complexity index is 634. The van der Waals surface area contributed by atoms with E-state index < -0.39 is 0 Å². The van der Waals surface area contributed by atoms with Gasteiger partial charge >= 0.3 is 0 Å². The Morgan fingerprint density at radius 3 is 2.85 bits per heavy atom. The predicted octanol–water partition coefficient (Wildman–Crippen LogP) is 3.48. The van der Waals surface area contributed by atoms with Crippen LogP contribution in [0.4, 0.5) is 0 Å². The second-order valence-corrected chi connectivity index (χ2v) is 6.59. The molecule has 0 spiro atoms. The molecule has 1 saturated heterocycles. The lowest BCUT2D eigenvalue weighted by molar-refractivity contribution is 0.151. The molecule has 1 aliphatic rings. The molecule has 2 aromatic rings. The summed E-state index contributed by atoms with van der Waals surface area (Å²) in [6.07, 6.45) is 3.94. The predicted molar refractivity (Wildman–Crippen MR) is 83.9 cm³/mol. The average Bonchev–Trinajstić information content (AvgIpc) is 2.69. The van der Waals surface area contributed by atoms with Crippen molar-refractivity contribution in [1.29, 1.82) is 0 Å². The van der Waals surface area contributed by atoms with E-state index in [1.807, 2.05) is 6.92 Å². The molecule has 0 saturated carbocycles. The first-order chi connectivity index (χ1) is 9.56. The number of hydrogen-bond donors (Lipinski definition) is 0. The van der Waals surface area contributed by atoms with Crippen LogP contribution in [0, 0.1) is 13.8 Å². The second kappa shape index (κ2) is 5.45. The summed E-state index contributed by atoms with van der Waals surface area (Å²) in [6.45, 7) is 8.51. The van der Waals surface area contributed by atoms with Crippen LogP contribution in [0.2, 0.25) is 0 Å². The van der Waals surface area contributed by atoms with Crippen LogP contribution in [0.1, 0.15) is 43.3 Å². The summed E-state index contributed by atoms with van der Waals surface area (Å²) in [4.78, 5) is 11.8. The highest BCUT2D eigenvalue weighted by atomic mass is 79.9. The molecule has 3 heterocycles. The molecule has 0 bridgehead atoms. The van der Waals surface area contributed by atoms with E-state index in [9.17, 15) is 0 Å². The maximum Gasteiger partial charge on any atom is 0.235 e. The second-order valence-electron chi connectivity index (χ2n) is 5.84. The van der Waals surface area contributed by atoms with Gasteiger partial charge < -0.3 is 0 Å². The molecule has 0 aromatic carbocycles. The molecular weight excluding hydrogens is 316 g/mol. The van der Waals surface area contributed by atoms with Gasteiger partial charge in [0.2, 0.25) is 5.78 Å². The average molecular weight is 337 g/mol. The Balaban J connectivity index is 1.96. The van der Waals surface area contributed by atoms with Gasteiger partial charge in [0.15, 0.2) is 0 Å². The van der Waals surface area contributed by atoms with Crippen LogP contribution in [0.25, 0.3) is 5.78 Å². The minimum atomic E-state index is 0.649. The number of rotatable bonds is 2. The number of aryl methyl sites for hydroxylation is 2. The van der Waals surface area contributed by atoms with Crippen molar-refractivity contribution < 1.29 is 0 Å². The van der Waals surface area contributed by atoms with E-state index in [0.717, 1.165) is 28.3 Å². The van der Waals surface area contributed by atoms with E-state index in [-0.39, 0.29) is 0 Å². The highest BCUT2D eigenvalue weighted by Gasteiger charge is 2.21.